The number of nitrogens with one attached hydrogen (secondary N) is 1. The lowest BCUT2D eigenvalue weighted by Crippen LogP contribution is -2.50. The first-order chi connectivity index (χ1) is 8.02. The molecule has 0 aromatic rings. The number of carbonyl (C=O) groups is 2. The van der Waals surface area contributed by atoms with Crippen molar-refractivity contribution in [2.75, 3.05) is 19.6 Å². The van der Waals surface area contributed by atoms with Gasteiger partial charge in [0.25, 0.3) is 0 Å². The predicted octanol–water partition coefficient (Wildman–Crippen LogP) is -1.21. The van der Waals surface area contributed by atoms with Crippen molar-refractivity contribution in [3.63, 3.8) is 0 Å². The summed E-state index contributed by atoms with van der Waals surface area (Å²) in [4.78, 5) is 24.3. The van der Waals surface area contributed by atoms with Crippen LogP contribution in [-0.4, -0.2) is 48.4 Å². The molecule has 17 heavy (non-hydrogen) atoms. The normalized spacial score (nSPS) is 19.9. The molecule has 0 radical (unpaired) electrons. The van der Waals surface area contributed by atoms with Gasteiger partial charge in [-0.25, -0.2) is 0 Å². The fourth-order valence-electron chi connectivity index (χ4n) is 1.95. The van der Waals surface area contributed by atoms with Gasteiger partial charge in [-0.15, -0.1) is 0 Å². The molecule has 0 saturated carbocycles. The summed E-state index contributed by atoms with van der Waals surface area (Å²) in [5.74, 6) is -0.388. The lowest BCUT2D eigenvalue weighted by molar-refractivity contribution is -0.124. The molecule has 0 unspecified atom stereocenters. The van der Waals surface area contributed by atoms with Gasteiger partial charge in [0, 0.05) is 19.1 Å². The minimum absolute atomic E-state index is 0.0825. The molecule has 0 bridgehead atoms. The van der Waals surface area contributed by atoms with Crippen molar-refractivity contribution in [2.24, 2.45) is 11.5 Å². The molecule has 0 spiro atoms. The highest BCUT2D eigenvalue weighted by atomic mass is 16.2. The molecule has 0 aliphatic carbocycles. The lowest BCUT2D eigenvalue weighted by Gasteiger charge is -2.31. The van der Waals surface area contributed by atoms with Crippen molar-refractivity contribution in [3.05, 3.63) is 0 Å². The average molecular weight is 242 g/mol. The average Bonchev–Trinajstić information content (AvgIpc) is 2.30. The van der Waals surface area contributed by atoms with Crippen LogP contribution < -0.4 is 16.8 Å². The highest BCUT2D eigenvalue weighted by Crippen LogP contribution is 2.09. The van der Waals surface area contributed by atoms with E-state index in [2.05, 4.69) is 5.32 Å². The largest absolute Gasteiger partial charge is 0.369 e. The Bertz CT molecular complexity index is 275. The number of piperidine rings is 1. The Morgan fingerprint density at radius 2 is 2.00 bits per heavy atom. The van der Waals surface area contributed by atoms with Crippen LogP contribution in [0.15, 0.2) is 0 Å². The van der Waals surface area contributed by atoms with Gasteiger partial charge in [-0.1, -0.05) is 6.92 Å². The quantitative estimate of drug-likeness (QED) is 0.563. The third-order valence-electron chi connectivity index (χ3n) is 3.09. The van der Waals surface area contributed by atoms with E-state index in [4.69, 9.17) is 11.5 Å². The van der Waals surface area contributed by atoms with E-state index in [-0.39, 0.29) is 17.9 Å². The van der Waals surface area contributed by atoms with Crippen LogP contribution in [0.25, 0.3) is 0 Å². The summed E-state index contributed by atoms with van der Waals surface area (Å²) in [6.45, 7) is 3.76. The Kier molecular flexibility index (Phi) is 5.37. The molecule has 1 heterocycles. The minimum atomic E-state index is -0.418. The van der Waals surface area contributed by atoms with Crippen molar-refractivity contribution >= 4 is 11.8 Å². The molecule has 1 saturated heterocycles. The maximum Gasteiger partial charge on any atom is 0.237 e. The van der Waals surface area contributed by atoms with E-state index in [9.17, 15) is 9.59 Å². The molecular weight excluding hydrogens is 220 g/mol. The fraction of sp³-hybridized carbons (Fsp3) is 0.818. The maximum absolute atomic E-state index is 11.6. The summed E-state index contributed by atoms with van der Waals surface area (Å²) in [5, 5.41) is 2.94. The third-order valence-corrected chi connectivity index (χ3v) is 3.09. The van der Waals surface area contributed by atoms with Gasteiger partial charge < -0.3 is 16.8 Å². The zero-order chi connectivity index (χ0) is 12.8. The van der Waals surface area contributed by atoms with Gasteiger partial charge in [0.15, 0.2) is 0 Å². The Hall–Kier alpha value is -1.14. The van der Waals surface area contributed by atoms with E-state index >= 15 is 0 Å². The molecule has 98 valence electrons. The van der Waals surface area contributed by atoms with E-state index in [1.807, 2.05) is 11.8 Å². The molecule has 0 aromatic heterocycles. The van der Waals surface area contributed by atoms with Crippen LogP contribution in [0.3, 0.4) is 0 Å². The molecule has 1 aliphatic heterocycles. The van der Waals surface area contributed by atoms with E-state index in [0.29, 0.717) is 13.0 Å². The fourth-order valence-corrected chi connectivity index (χ4v) is 1.95. The van der Waals surface area contributed by atoms with Gasteiger partial charge in [0.2, 0.25) is 11.8 Å². The summed E-state index contributed by atoms with van der Waals surface area (Å²) >= 11 is 0. The number of nitrogens with zero attached hydrogens (tertiary/aromatic N) is 1. The van der Waals surface area contributed by atoms with E-state index < -0.39 is 6.04 Å². The minimum Gasteiger partial charge on any atom is -0.369 e. The number of rotatable bonds is 5. The number of carbonyl (C=O) groups excluding carboxylic acids is 2. The van der Waals surface area contributed by atoms with Crippen LogP contribution in [0.4, 0.5) is 0 Å². The predicted molar refractivity (Wildman–Crippen MR) is 65.1 cm³/mol. The molecule has 1 fully saturated rings. The Balaban J connectivity index is 2.27. The zero-order valence-corrected chi connectivity index (χ0v) is 10.3. The monoisotopic (exact) mass is 242 g/mol. The van der Waals surface area contributed by atoms with Gasteiger partial charge >= 0.3 is 0 Å². The van der Waals surface area contributed by atoms with Crippen LogP contribution in [0.5, 0.6) is 0 Å². The second-order valence-corrected chi connectivity index (χ2v) is 4.54. The third kappa shape index (κ3) is 4.70. The first-order valence-electron chi connectivity index (χ1n) is 6.09. The number of likely N-dealkylation sites (tertiary alicyclic amines) is 1. The van der Waals surface area contributed by atoms with Crippen molar-refractivity contribution in [1.29, 1.82) is 0 Å². The number of amides is 2. The summed E-state index contributed by atoms with van der Waals surface area (Å²) in [7, 11) is 0. The highest BCUT2D eigenvalue weighted by molar-refractivity contribution is 5.81. The molecular formula is C11H22N4O2. The van der Waals surface area contributed by atoms with E-state index in [0.717, 1.165) is 25.9 Å². The van der Waals surface area contributed by atoms with Crippen LogP contribution in [0, 0.1) is 0 Å². The second kappa shape index (κ2) is 6.56. The smallest absolute Gasteiger partial charge is 0.237 e. The molecule has 6 nitrogen and oxygen atoms in total. The summed E-state index contributed by atoms with van der Waals surface area (Å²) in [5.41, 5.74) is 10.8. The van der Waals surface area contributed by atoms with Crippen LogP contribution >= 0.6 is 0 Å². The Morgan fingerprint density at radius 1 is 1.41 bits per heavy atom. The van der Waals surface area contributed by atoms with Gasteiger partial charge in [0.05, 0.1) is 12.6 Å². The van der Waals surface area contributed by atoms with Crippen molar-refractivity contribution in [3.8, 4) is 0 Å². The molecule has 0 aromatic carbocycles. The summed E-state index contributed by atoms with van der Waals surface area (Å²) < 4.78 is 0. The van der Waals surface area contributed by atoms with Gasteiger partial charge in [-0.05, 0) is 19.3 Å². The molecule has 1 atom stereocenters. The maximum atomic E-state index is 11.6. The standard InChI is InChI=1S/C11H22N4O2/c1-2-9(12)11(17)14-8-3-5-15(6-4-8)7-10(13)16/h8-9H,2-7,12H2,1H3,(H2,13,16)(H,14,17)/t9-/m1/s1. The van der Waals surface area contributed by atoms with Crippen LogP contribution in [-0.2, 0) is 9.59 Å². The topological polar surface area (TPSA) is 101 Å². The molecule has 1 aliphatic rings. The Labute approximate surface area is 102 Å². The van der Waals surface area contributed by atoms with Crippen molar-refractivity contribution in [2.45, 2.75) is 38.3 Å². The van der Waals surface area contributed by atoms with Gasteiger partial charge in [-0.3, -0.25) is 14.5 Å². The lowest BCUT2D eigenvalue weighted by atomic mass is 10.0. The first kappa shape index (κ1) is 13.9. The first-order valence-corrected chi connectivity index (χ1v) is 6.09. The number of nitrogens with two attached hydrogens (primary N) is 2. The van der Waals surface area contributed by atoms with Gasteiger partial charge in [-0.2, -0.15) is 0 Å². The number of hydrogen-bond donors (Lipinski definition) is 3. The second-order valence-electron chi connectivity index (χ2n) is 4.54. The van der Waals surface area contributed by atoms with Crippen LogP contribution in [0.1, 0.15) is 26.2 Å². The SMILES string of the molecule is CC[C@@H](N)C(=O)NC1CCN(CC(N)=O)CC1. The number of hydrogen-bond acceptors (Lipinski definition) is 4. The van der Waals surface area contributed by atoms with E-state index in [1.54, 1.807) is 0 Å². The van der Waals surface area contributed by atoms with Crippen molar-refractivity contribution in [1.82, 2.24) is 10.2 Å². The summed E-state index contributed by atoms with van der Waals surface area (Å²) in [6.07, 6.45) is 2.33. The molecule has 1 rings (SSSR count). The number of primary amides is 1. The van der Waals surface area contributed by atoms with Crippen LogP contribution in [0.2, 0.25) is 0 Å². The Morgan fingerprint density at radius 3 is 2.47 bits per heavy atom. The zero-order valence-electron chi connectivity index (χ0n) is 10.3. The highest BCUT2D eigenvalue weighted by Gasteiger charge is 2.22. The molecule has 2 amide bonds. The van der Waals surface area contributed by atoms with Gasteiger partial charge in [0.1, 0.15) is 0 Å². The molecule has 5 N–H and O–H groups in total. The van der Waals surface area contributed by atoms with E-state index in [1.165, 1.54) is 0 Å². The molecule has 6 heteroatoms. The van der Waals surface area contributed by atoms with Crippen molar-refractivity contribution < 1.29 is 9.59 Å². The summed E-state index contributed by atoms with van der Waals surface area (Å²) in [6, 6.07) is -0.247.